The first kappa shape index (κ1) is 14.7. The van der Waals surface area contributed by atoms with E-state index < -0.39 is 11.7 Å². The van der Waals surface area contributed by atoms with Crippen LogP contribution in [0.3, 0.4) is 0 Å². The standard InChI is InChI=1S/C16H13FN2O2/c17-13-7-6-12(4-3-9-20)15(10-13)16(21)19-11-14-5-1-2-8-18-14/h1-2,5-8,10,20H,9,11H2,(H,19,21). The van der Waals surface area contributed by atoms with Gasteiger partial charge in [0, 0.05) is 11.8 Å². The second kappa shape index (κ2) is 7.17. The Labute approximate surface area is 121 Å². The lowest BCUT2D eigenvalue weighted by molar-refractivity contribution is 0.0949. The smallest absolute Gasteiger partial charge is 0.252 e. The number of nitrogens with one attached hydrogen (secondary N) is 1. The molecular weight excluding hydrogens is 271 g/mol. The zero-order chi connectivity index (χ0) is 15.1. The Kier molecular flexibility index (Phi) is 5.02. The molecule has 0 fully saturated rings. The van der Waals surface area contributed by atoms with Gasteiger partial charge in [-0.25, -0.2) is 4.39 Å². The van der Waals surface area contributed by atoms with Crippen LogP contribution in [0.1, 0.15) is 21.6 Å². The average Bonchev–Trinajstić information content (AvgIpc) is 2.52. The third kappa shape index (κ3) is 4.13. The predicted octanol–water partition coefficient (Wildman–Crippen LogP) is 1.49. The SMILES string of the molecule is O=C(NCc1ccccn1)c1cc(F)ccc1C#CCO. The third-order valence-electron chi connectivity index (χ3n) is 2.68. The van der Waals surface area contributed by atoms with Crippen LogP contribution in [-0.2, 0) is 6.54 Å². The number of amides is 1. The minimum atomic E-state index is -0.521. The van der Waals surface area contributed by atoms with E-state index in [1.807, 2.05) is 6.07 Å². The number of aromatic nitrogens is 1. The molecule has 1 aromatic heterocycles. The van der Waals surface area contributed by atoms with Gasteiger partial charge in [-0.3, -0.25) is 9.78 Å². The maximum absolute atomic E-state index is 13.3. The van der Waals surface area contributed by atoms with E-state index in [4.69, 9.17) is 5.11 Å². The molecule has 106 valence electrons. The summed E-state index contributed by atoms with van der Waals surface area (Å²) in [5.74, 6) is 4.11. The van der Waals surface area contributed by atoms with Crippen molar-refractivity contribution in [1.82, 2.24) is 10.3 Å². The van der Waals surface area contributed by atoms with Crippen LogP contribution in [0.2, 0.25) is 0 Å². The van der Waals surface area contributed by atoms with Crippen molar-refractivity contribution < 1.29 is 14.3 Å². The van der Waals surface area contributed by atoms with Crippen LogP contribution in [0.4, 0.5) is 4.39 Å². The Bertz CT molecular complexity index is 690. The first-order valence-corrected chi connectivity index (χ1v) is 6.28. The lowest BCUT2D eigenvalue weighted by atomic mass is 10.1. The van der Waals surface area contributed by atoms with Gasteiger partial charge in [-0.1, -0.05) is 17.9 Å². The van der Waals surface area contributed by atoms with E-state index in [0.717, 1.165) is 6.07 Å². The number of carbonyl (C=O) groups is 1. The van der Waals surface area contributed by atoms with Crippen LogP contribution >= 0.6 is 0 Å². The number of halogens is 1. The van der Waals surface area contributed by atoms with Crippen molar-refractivity contribution in [3.63, 3.8) is 0 Å². The van der Waals surface area contributed by atoms with E-state index in [0.29, 0.717) is 11.3 Å². The van der Waals surface area contributed by atoms with Crippen LogP contribution in [0.15, 0.2) is 42.6 Å². The zero-order valence-corrected chi connectivity index (χ0v) is 11.1. The summed E-state index contributed by atoms with van der Waals surface area (Å²) in [7, 11) is 0. The Morgan fingerprint density at radius 3 is 2.90 bits per heavy atom. The molecule has 2 N–H and O–H groups in total. The second-order valence-electron chi connectivity index (χ2n) is 4.15. The average molecular weight is 284 g/mol. The van der Waals surface area contributed by atoms with Gasteiger partial charge in [-0.2, -0.15) is 0 Å². The maximum atomic E-state index is 13.3. The van der Waals surface area contributed by atoms with E-state index in [2.05, 4.69) is 22.1 Å². The number of hydrogen-bond acceptors (Lipinski definition) is 3. The Balaban J connectivity index is 2.16. The number of pyridine rings is 1. The van der Waals surface area contributed by atoms with Crippen molar-refractivity contribution in [2.75, 3.05) is 6.61 Å². The van der Waals surface area contributed by atoms with Crippen molar-refractivity contribution in [3.05, 3.63) is 65.2 Å². The van der Waals surface area contributed by atoms with E-state index in [9.17, 15) is 9.18 Å². The fourth-order valence-electron chi connectivity index (χ4n) is 1.72. The van der Waals surface area contributed by atoms with Crippen molar-refractivity contribution in [2.45, 2.75) is 6.54 Å². The summed E-state index contributed by atoms with van der Waals surface area (Å²) in [4.78, 5) is 16.2. The first-order chi connectivity index (χ1) is 10.2. The Morgan fingerprint density at radius 2 is 2.19 bits per heavy atom. The normalized spacial score (nSPS) is 9.62. The van der Waals surface area contributed by atoms with Gasteiger partial charge in [0.2, 0.25) is 0 Å². The van der Waals surface area contributed by atoms with Gasteiger partial charge in [-0.15, -0.1) is 0 Å². The fraction of sp³-hybridized carbons (Fsp3) is 0.125. The molecule has 0 unspecified atom stereocenters. The number of aliphatic hydroxyl groups is 1. The number of nitrogens with zero attached hydrogens (tertiary/aromatic N) is 1. The number of rotatable bonds is 3. The molecule has 1 aromatic carbocycles. The molecule has 5 heteroatoms. The van der Waals surface area contributed by atoms with Crippen molar-refractivity contribution >= 4 is 5.91 Å². The zero-order valence-electron chi connectivity index (χ0n) is 11.1. The maximum Gasteiger partial charge on any atom is 0.252 e. The number of carbonyl (C=O) groups excluding carboxylic acids is 1. The molecule has 2 rings (SSSR count). The third-order valence-corrected chi connectivity index (χ3v) is 2.68. The summed E-state index contributed by atoms with van der Waals surface area (Å²) in [5, 5.41) is 11.4. The van der Waals surface area contributed by atoms with Gasteiger partial charge in [-0.05, 0) is 30.3 Å². The van der Waals surface area contributed by atoms with Crippen molar-refractivity contribution in [2.24, 2.45) is 0 Å². The summed E-state index contributed by atoms with van der Waals surface area (Å²) in [5.41, 5.74) is 1.20. The van der Waals surface area contributed by atoms with Crippen LogP contribution in [-0.4, -0.2) is 22.6 Å². The monoisotopic (exact) mass is 284 g/mol. The minimum absolute atomic E-state index is 0.131. The van der Waals surface area contributed by atoms with E-state index in [-0.39, 0.29) is 18.7 Å². The molecule has 0 aliphatic carbocycles. The fourth-order valence-corrected chi connectivity index (χ4v) is 1.72. The summed E-state index contributed by atoms with van der Waals surface area (Å²) < 4.78 is 13.3. The summed E-state index contributed by atoms with van der Waals surface area (Å²) in [6, 6.07) is 9.12. The molecule has 21 heavy (non-hydrogen) atoms. The Hall–Kier alpha value is -2.71. The van der Waals surface area contributed by atoms with Gasteiger partial charge in [0.15, 0.2) is 0 Å². The number of aliphatic hydroxyl groups excluding tert-OH is 1. The molecule has 2 aromatic rings. The molecule has 1 heterocycles. The molecule has 4 nitrogen and oxygen atoms in total. The predicted molar refractivity (Wildman–Crippen MR) is 75.8 cm³/mol. The molecule has 0 aliphatic rings. The highest BCUT2D eigenvalue weighted by atomic mass is 19.1. The lowest BCUT2D eigenvalue weighted by Crippen LogP contribution is -2.24. The molecule has 0 aliphatic heterocycles. The van der Waals surface area contributed by atoms with Gasteiger partial charge < -0.3 is 10.4 Å². The van der Waals surface area contributed by atoms with E-state index in [1.54, 1.807) is 18.3 Å². The number of hydrogen-bond donors (Lipinski definition) is 2. The van der Waals surface area contributed by atoms with Crippen LogP contribution in [0.25, 0.3) is 0 Å². The van der Waals surface area contributed by atoms with Crippen LogP contribution in [0, 0.1) is 17.7 Å². The van der Waals surface area contributed by atoms with Crippen molar-refractivity contribution in [1.29, 1.82) is 0 Å². The van der Waals surface area contributed by atoms with Gasteiger partial charge in [0.05, 0.1) is 17.8 Å². The molecule has 0 atom stereocenters. The highest BCUT2D eigenvalue weighted by Gasteiger charge is 2.11. The van der Waals surface area contributed by atoms with Crippen molar-refractivity contribution in [3.8, 4) is 11.8 Å². The highest BCUT2D eigenvalue weighted by Crippen LogP contribution is 2.10. The molecule has 0 radical (unpaired) electrons. The summed E-state index contributed by atoms with van der Waals surface area (Å²) in [6.07, 6.45) is 1.63. The molecular formula is C16H13FN2O2. The topological polar surface area (TPSA) is 62.2 Å². The number of benzene rings is 1. The summed E-state index contributed by atoms with van der Waals surface area (Å²) in [6.45, 7) is -0.0879. The Morgan fingerprint density at radius 1 is 1.33 bits per heavy atom. The van der Waals surface area contributed by atoms with Crippen LogP contribution in [0.5, 0.6) is 0 Å². The van der Waals surface area contributed by atoms with Crippen LogP contribution < -0.4 is 5.32 Å². The summed E-state index contributed by atoms with van der Waals surface area (Å²) >= 11 is 0. The second-order valence-corrected chi connectivity index (χ2v) is 4.15. The van der Waals surface area contributed by atoms with Gasteiger partial charge in [0.1, 0.15) is 12.4 Å². The van der Waals surface area contributed by atoms with E-state index >= 15 is 0 Å². The lowest BCUT2D eigenvalue weighted by Gasteiger charge is -2.07. The molecule has 1 amide bonds. The molecule has 0 saturated heterocycles. The largest absolute Gasteiger partial charge is 0.384 e. The molecule has 0 saturated carbocycles. The quantitative estimate of drug-likeness (QED) is 0.840. The van der Waals surface area contributed by atoms with Gasteiger partial charge in [0.25, 0.3) is 5.91 Å². The first-order valence-electron chi connectivity index (χ1n) is 6.28. The molecule has 0 bridgehead atoms. The highest BCUT2D eigenvalue weighted by molar-refractivity contribution is 5.96. The van der Waals surface area contributed by atoms with Gasteiger partial charge >= 0.3 is 0 Å². The van der Waals surface area contributed by atoms with E-state index in [1.165, 1.54) is 12.1 Å². The minimum Gasteiger partial charge on any atom is -0.384 e. The molecule has 0 spiro atoms.